The van der Waals surface area contributed by atoms with Gasteiger partial charge in [0.15, 0.2) is 5.76 Å². The molecule has 2 rings (SSSR count). The Labute approximate surface area is 106 Å². The van der Waals surface area contributed by atoms with Gasteiger partial charge in [0.2, 0.25) is 0 Å². The molecule has 0 amide bonds. The molecule has 2 nitrogen and oxygen atoms in total. The molecule has 0 bridgehead atoms. The molecule has 82 valence electrons. The molecular weight excluding hydrogens is 270 g/mol. The van der Waals surface area contributed by atoms with Gasteiger partial charge in [0.25, 0.3) is 0 Å². The van der Waals surface area contributed by atoms with E-state index in [9.17, 15) is 4.79 Å². The SMILES string of the molecule is O=c1oc(-c2ccccc2)c(Cl)c(Cl)c1Cl. The number of halogens is 3. The molecule has 1 aromatic heterocycles. The Kier molecular flexibility index (Phi) is 3.24. The zero-order chi connectivity index (χ0) is 11.7. The molecule has 0 saturated heterocycles. The van der Waals surface area contributed by atoms with Crippen molar-refractivity contribution in [2.45, 2.75) is 0 Å². The van der Waals surface area contributed by atoms with Crippen molar-refractivity contribution in [2.24, 2.45) is 0 Å². The Morgan fingerprint density at radius 3 is 2.12 bits per heavy atom. The molecule has 0 spiro atoms. The Hall–Kier alpha value is -0.960. The number of rotatable bonds is 1. The lowest BCUT2D eigenvalue weighted by Crippen LogP contribution is -2.01. The van der Waals surface area contributed by atoms with Crippen LogP contribution in [0.15, 0.2) is 39.5 Å². The van der Waals surface area contributed by atoms with Crippen molar-refractivity contribution < 1.29 is 4.42 Å². The lowest BCUT2D eigenvalue weighted by Gasteiger charge is -2.04. The van der Waals surface area contributed by atoms with Crippen LogP contribution in [0.1, 0.15) is 0 Å². The van der Waals surface area contributed by atoms with Gasteiger partial charge in [-0.3, -0.25) is 0 Å². The van der Waals surface area contributed by atoms with Crippen molar-refractivity contribution in [2.75, 3.05) is 0 Å². The highest BCUT2D eigenvalue weighted by Crippen LogP contribution is 2.35. The van der Waals surface area contributed by atoms with Crippen LogP contribution in [-0.4, -0.2) is 0 Å². The first-order chi connectivity index (χ1) is 7.61. The molecule has 0 saturated carbocycles. The van der Waals surface area contributed by atoms with E-state index in [1.54, 1.807) is 24.3 Å². The molecule has 16 heavy (non-hydrogen) atoms. The average Bonchev–Trinajstić information content (AvgIpc) is 2.32. The van der Waals surface area contributed by atoms with Crippen LogP contribution in [0.3, 0.4) is 0 Å². The normalized spacial score (nSPS) is 10.4. The summed E-state index contributed by atoms with van der Waals surface area (Å²) in [7, 11) is 0. The van der Waals surface area contributed by atoms with Crippen LogP contribution < -0.4 is 5.63 Å². The summed E-state index contributed by atoms with van der Waals surface area (Å²) in [5, 5.41) is -0.0535. The summed E-state index contributed by atoms with van der Waals surface area (Å²) in [5.74, 6) is 0.224. The van der Waals surface area contributed by atoms with E-state index in [1.807, 2.05) is 6.07 Å². The Bertz CT molecular complexity index is 576. The van der Waals surface area contributed by atoms with Crippen LogP contribution in [0, 0.1) is 0 Å². The van der Waals surface area contributed by atoms with Crippen LogP contribution in [0.4, 0.5) is 0 Å². The van der Waals surface area contributed by atoms with Crippen LogP contribution in [-0.2, 0) is 0 Å². The van der Waals surface area contributed by atoms with E-state index >= 15 is 0 Å². The lowest BCUT2D eigenvalue weighted by molar-refractivity contribution is 0.526. The number of hydrogen-bond acceptors (Lipinski definition) is 2. The summed E-state index contributed by atoms with van der Waals surface area (Å²) in [4.78, 5) is 11.3. The second kappa shape index (κ2) is 4.50. The first-order valence-corrected chi connectivity index (χ1v) is 5.47. The third kappa shape index (κ3) is 1.96. The highest BCUT2D eigenvalue weighted by atomic mass is 35.5. The molecule has 0 aliphatic carbocycles. The topological polar surface area (TPSA) is 30.2 Å². The minimum Gasteiger partial charge on any atom is -0.420 e. The summed E-state index contributed by atoms with van der Waals surface area (Å²) in [5.41, 5.74) is -0.0295. The molecule has 5 heteroatoms. The monoisotopic (exact) mass is 274 g/mol. The maximum atomic E-state index is 11.3. The summed E-state index contributed by atoms with van der Waals surface area (Å²) in [6, 6.07) is 8.96. The zero-order valence-corrected chi connectivity index (χ0v) is 10.1. The van der Waals surface area contributed by atoms with Gasteiger partial charge in [-0.25, -0.2) is 4.79 Å². The Morgan fingerprint density at radius 2 is 1.50 bits per heavy atom. The zero-order valence-electron chi connectivity index (χ0n) is 7.84. The van der Waals surface area contributed by atoms with E-state index in [4.69, 9.17) is 39.2 Å². The van der Waals surface area contributed by atoms with E-state index in [2.05, 4.69) is 0 Å². The van der Waals surface area contributed by atoms with Gasteiger partial charge < -0.3 is 4.42 Å². The first kappa shape index (κ1) is 11.5. The maximum absolute atomic E-state index is 11.3. The van der Waals surface area contributed by atoms with Crippen LogP contribution in [0.25, 0.3) is 11.3 Å². The highest BCUT2D eigenvalue weighted by molar-refractivity contribution is 6.48. The van der Waals surface area contributed by atoms with Gasteiger partial charge in [0, 0.05) is 5.56 Å². The van der Waals surface area contributed by atoms with Crippen molar-refractivity contribution in [3.63, 3.8) is 0 Å². The maximum Gasteiger partial charge on any atom is 0.356 e. The van der Waals surface area contributed by atoms with Gasteiger partial charge in [-0.15, -0.1) is 0 Å². The van der Waals surface area contributed by atoms with Gasteiger partial charge >= 0.3 is 5.63 Å². The molecule has 0 atom stereocenters. The predicted molar refractivity (Wildman–Crippen MR) is 65.4 cm³/mol. The lowest BCUT2D eigenvalue weighted by atomic mass is 10.1. The third-order valence-corrected chi connectivity index (χ3v) is 3.27. The molecule has 0 N–H and O–H groups in total. The molecule has 1 heterocycles. The van der Waals surface area contributed by atoms with E-state index in [0.29, 0.717) is 5.56 Å². The van der Waals surface area contributed by atoms with E-state index in [0.717, 1.165) is 0 Å². The predicted octanol–water partition coefficient (Wildman–Crippen LogP) is 4.27. The molecule has 1 aromatic carbocycles. The van der Waals surface area contributed by atoms with Gasteiger partial charge in [-0.05, 0) is 0 Å². The van der Waals surface area contributed by atoms with Gasteiger partial charge in [0.05, 0.1) is 5.02 Å². The number of hydrogen-bond donors (Lipinski definition) is 0. The molecule has 0 aliphatic rings. The van der Waals surface area contributed by atoms with Crippen molar-refractivity contribution in [3.8, 4) is 11.3 Å². The van der Waals surface area contributed by atoms with E-state index < -0.39 is 5.63 Å². The third-order valence-electron chi connectivity index (χ3n) is 1.99. The fourth-order valence-electron chi connectivity index (χ4n) is 1.24. The molecule has 0 aliphatic heterocycles. The Morgan fingerprint density at radius 1 is 0.875 bits per heavy atom. The summed E-state index contributed by atoms with van der Waals surface area (Å²) in [6.45, 7) is 0. The van der Waals surface area contributed by atoms with E-state index in [-0.39, 0.29) is 20.8 Å². The van der Waals surface area contributed by atoms with Crippen LogP contribution >= 0.6 is 34.8 Å². The Balaban J connectivity index is 2.73. The van der Waals surface area contributed by atoms with Gasteiger partial charge in [-0.1, -0.05) is 65.1 Å². The van der Waals surface area contributed by atoms with Crippen LogP contribution in [0.5, 0.6) is 0 Å². The highest BCUT2D eigenvalue weighted by Gasteiger charge is 2.16. The minimum atomic E-state index is -0.699. The van der Waals surface area contributed by atoms with Crippen molar-refractivity contribution >= 4 is 34.8 Å². The van der Waals surface area contributed by atoms with Crippen molar-refractivity contribution in [1.82, 2.24) is 0 Å². The van der Waals surface area contributed by atoms with Gasteiger partial charge in [-0.2, -0.15) is 0 Å². The quantitative estimate of drug-likeness (QED) is 0.778. The van der Waals surface area contributed by atoms with Crippen molar-refractivity contribution in [1.29, 1.82) is 0 Å². The minimum absolute atomic E-state index is 0.0124. The first-order valence-electron chi connectivity index (χ1n) is 4.34. The average molecular weight is 276 g/mol. The second-order valence-corrected chi connectivity index (χ2v) is 4.16. The van der Waals surface area contributed by atoms with Gasteiger partial charge in [0.1, 0.15) is 10.0 Å². The summed E-state index contributed by atoms with van der Waals surface area (Å²) in [6.07, 6.45) is 0. The fraction of sp³-hybridized carbons (Fsp3) is 0. The van der Waals surface area contributed by atoms with Crippen LogP contribution in [0.2, 0.25) is 15.1 Å². The summed E-state index contributed by atoms with van der Waals surface area (Å²) < 4.78 is 5.00. The molecule has 0 radical (unpaired) electrons. The molecule has 2 aromatic rings. The fourth-order valence-corrected chi connectivity index (χ4v) is 1.83. The smallest absolute Gasteiger partial charge is 0.356 e. The molecule has 0 fully saturated rings. The largest absolute Gasteiger partial charge is 0.420 e. The molecule has 0 unspecified atom stereocenters. The molecular formula is C11H5Cl3O2. The number of benzene rings is 1. The standard InChI is InChI=1S/C11H5Cl3O2/c12-7-8(13)10(16-11(15)9(7)14)6-4-2-1-3-5-6/h1-5H. The second-order valence-electron chi connectivity index (χ2n) is 3.03. The summed E-state index contributed by atoms with van der Waals surface area (Å²) >= 11 is 17.4. The van der Waals surface area contributed by atoms with Crippen molar-refractivity contribution in [3.05, 3.63) is 55.8 Å². The van der Waals surface area contributed by atoms with E-state index in [1.165, 1.54) is 0 Å².